The number of nitrogens with one attached hydrogen (secondary N) is 1. The standard InChI is InChI=1S/C24H31FN2O2/c1-5-22(24(29)26-15-17(2)3)27(16-19-9-11-21(25)12-10-19)23(28)14-20-8-6-7-18(4)13-20/h6-13,17,22H,5,14-16H2,1-4H3,(H,26,29)/t22-/m1/s1. The van der Waals surface area contributed by atoms with Gasteiger partial charge in [-0.05, 0) is 42.5 Å². The molecule has 0 radical (unpaired) electrons. The molecule has 0 saturated heterocycles. The van der Waals surface area contributed by atoms with E-state index in [2.05, 4.69) is 5.32 Å². The zero-order chi connectivity index (χ0) is 21.4. The van der Waals surface area contributed by atoms with Crippen LogP contribution in [-0.2, 0) is 22.6 Å². The van der Waals surface area contributed by atoms with Crippen LogP contribution in [0.5, 0.6) is 0 Å². The van der Waals surface area contributed by atoms with Gasteiger partial charge in [0.1, 0.15) is 11.9 Å². The van der Waals surface area contributed by atoms with E-state index in [0.717, 1.165) is 16.7 Å². The fraction of sp³-hybridized carbons (Fsp3) is 0.417. The van der Waals surface area contributed by atoms with Crippen LogP contribution < -0.4 is 5.32 Å². The molecule has 2 amide bonds. The van der Waals surface area contributed by atoms with Crippen molar-refractivity contribution < 1.29 is 14.0 Å². The summed E-state index contributed by atoms with van der Waals surface area (Å²) < 4.78 is 13.3. The molecule has 2 aromatic rings. The highest BCUT2D eigenvalue weighted by atomic mass is 19.1. The first-order chi connectivity index (χ1) is 13.8. The van der Waals surface area contributed by atoms with Crippen molar-refractivity contribution in [1.29, 1.82) is 0 Å². The normalized spacial score (nSPS) is 11.9. The zero-order valence-electron chi connectivity index (χ0n) is 17.7. The Labute approximate surface area is 173 Å². The number of hydrogen-bond donors (Lipinski definition) is 1. The summed E-state index contributed by atoms with van der Waals surface area (Å²) in [7, 11) is 0. The molecular weight excluding hydrogens is 367 g/mol. The summed E-state index contributed by atoms with van der Waals surface area (Å²) in [4.78, 5) is 27.6. The second-order valence-electron chi connectivity index (χ2n) is 7.88. The van der Waals surface area contributed by atoms with E-state index in [4.69, 9.17) is 0 Å². The summed E-state index contributed by atoms with van der Waals surface area (Å²) in [5, 5.41) is 2.94. The Bertz CT molecular complexity index is 818. The minimum atomic E-state index is -0.573. The average molecular weight is 399 g/mol. The van der Waals surface area contributed by atoms with Crippen molar-refractivity contribution in [3.05, 3.63) is 71.0 Å². The molecule has 4 nitrogen and oxygen atoms in total. The Morgan fingerprint density at radius 3 is 2.34 bits per heavy atom. The van der Waals surface area contributed by atoms with E-state index in [1.165, 1.54) is 12.1 Å². The minimum absolute atomic E-state index is 0.119. The highest BCUT2D eigenvalue weighted by molar-refractivity contribution is 5.88. The Balaban J connectivity index is 2.25. The first kappa shape index (κ1) is 22.6. The molecule has 0 unspecified atom stereocenters. The summed E-state index contributed by atoms with van der Waals surface area (Å²) in [6, 6.07) is 13.3. The van der Waals surface area contributed by atoms with E-state index >= 15 is 0 Å². The molecule has 0 spiro atoms. The molecule has 0 aliphatic rings. The van der Waals surface area contributed by atoms with Crippen LogP contribution in [0.2, 0.25) is 0 Å². The lowest BCUT2D eigenvalue weighted by atomic mass is 10.0. The molecule has 0 heterocycles. The third-order valence-electron chi connectivity index (χ3n) is 4.77. The monoisotopic (exact) mass is 398 g/mol. The van der Waals surface area contributed by atoms with Crippen molar-refractivity contribution >= 4 is 11.8 Å². The Kier molecular flexibility index (Phi) is 8.37. The molecule has 0 aliphatic carbocycles. The van der Waals surface area contributed by atoms with Gasteiger partial charge in [0.15, 0.2) is 0 Å². The van der Waals surface area contributed by atoms with E-state index < -0.39 is 6.04 Å². The summed E-state index contributed by atoms with van der Waals surface area (Å²) in [6.07, 6.45) is 0.724. The maximum absolute atomic E-state index is 13.3. The number of amides is 2. The fourth-order valence-corrected chi connectivity index (χ4v) is 3.23. The van der Waals surface area contributed by atoms with Crippen LogP contribution in [0, 0.1) is 18.7 Å². The molecular formula is C24H31FN2O2. The van der Waals surface area contributed by atoms with Crippen LogP contribution in [0.4, 0.5) is 4.39 Å². The average Bonchev–Trinajstić information content (AvgIpc) is 2.67. The molecule has 29 heavy (non-hydrogen) atoms. The topological polar surface area (TPSA) is 49.4 Å². The molecule has 2 aromatic carbocycles. The SMILES string of the molecule is CC[C@H](C(=O)NCC(C)C)N(Cc1ccc(F)cc1)C(=O)Cc1cccc(C)c1. The summed E-state index contributed by atoms with van der Waals surface area (Å²) in [5.74, 6) is -0.273. The molecule has 0 aliphatic heterocycles. The Morgan fingerprint density at radius 2 is 1.76 bits per heavy atom. The smallest absolute Gasteiger partial charge is 0.242 e. The number of benzene rings is 2. The molecule has 0 fully saturated rings. The van der Waals surface area contributed by atoms with Gasteiger partial charge in [0.05, 0.1) is 6.42 Å². The van der Waals surface area contributed by atoms with Crippen molar-refractivity contribution in [1.82, 2.24) is 10.2 Å². The number of carbonyl (C=O) groups excluding carboxylic acids is 2. The molecule has 156 valence electrons. The van der Waals surface area contributed by atoms with Gasteiger partial charge in [-0.15, -0.1) is 0 Å². The van der Waals surface area contributed by atoms with Gasteiger partial charge in [-0.25, -0.2) is 4.39 Å². The van der Waals surface area contributed by atoms with E-state index in [0.29, 0.717) is 18.9 Å². The lowest BCUT2D eigenvalue weighted by Crippen LogP contribution is -2.50. The van der Waals surface area contributed by atoms with E-state index in [1.54, 1.807) is 17.0 Å². The zero-order valence-corrected chi connectivity index (χ0v) is 17.7. The summed E-state index contributed by atoms with van der Waals surface area (Å²) >= 11 is 0. The van der Waals surface area contributed by atoms with Crippen molar-refractivity contribution in [3.63, 3.8) is 0 Å². The van der Waals surface area contributed by atoms with E-state index in [1.807, 2.05) is 52.0 Å². The quantitative estimate of drug-likeness (QED) is 0.686. The molecule has 0 aromatic heterocycles. The van der Waals surface area contributed by atoms with Crippen LogP contribution in [0.15, 0.2) is 48.5 Å². The minimum Gasteiger partial charge on any atom is -0.354 e. The number of rotatable bonds is 9. The van der Waals surface area contributed by atoms with Crippen LogP contribution in [0.3, 0.4) is 0 Å². The van der Waals surface area contributed by atoms with Crippen molar-refractivity contribution in [2.45, 2.75) is 53.1 Å². The molecule has 1 atom stereocenters. The third kappa shape index (κ3) is 7.00. The van der Waals surface area contributed by atoms with E-state index in [9.17, 15) is 14.0 Å². The summed E-state index contributed by atoms with van der Waals surface area (Å²) in [6.45, 7) is 8.76. The maximum atomic E-state index is 13.3. The lowest BCUT2D eigenvalue weighted by molar-refractivity contribution is -0.141. The largest absolute Gasteiger partial charge is 0.354 e. The molecule has 0 bridgehead atoms. The van der Waals surface area contributed by atoms with Crippen LogP contribution in [-0.4, -0.2) is 29.3 Å². The molecule has 1 N–H and O–H groups in total. The lowest BCUT2D eigenvalue weighted by Gasteiger charge is -2.31. The van der Waals surface area contributed by atoms with Crippen LogP contribution >= 0.6 is 0 Å². The van der Waals surface area contributed by atoms with Crippen LogP contribution in [0.25, 0.3) is 0 Å². The van der Waals surface area contributed by atoms with Gasteiger partial charge >= 0.3 is 0 Å². The van der Waals surface area contributed by atoms with Gasteiger partial charge in [-0.1, -0.05) is 62.7 Å². The second-order valence-corrected chi connectivity index (χ2v) is 7.88. The molecule has 5 heteroatoms. The van der Waals surface area contributed by atoms with Gasteiger partial charge < -0.3 is 10.2 Å². The Hall–Kier alpha value is -2.69. The highest BCUT2D eigenvalue weighted by Crippen LogP contribution is 2.16. The number of hydrogen-bond acceptors (Lipinski definition) is 2. The maximum Gasteiger partial charge on any atom is 0.242 e. The predicted octanol–water partition coefficient (Wildman–Crippen LogP) is 4.26. The summed E-state index contributed by atoms with van der Waals surface area (Å²) in [5.41, 5.74) is 2.79. The number of nitrogens with zero attached hydrogens (tertiary/aromatic N) is 1. The predicted molar refractivity (Wildman–Crippen MR) is 114 cm³/mol. The van der Waals surface area contributed by atoms with Gasteiger partial charge in [-0.2, -0.15) is 0 Å². The second kappa shape index (κ2) is 10.7. The first-order valence-electron chi connectivity index (χ1n) is 10.2. The van der Waals surface area contributed by atoms with Crippen molar-refractivity contribution in [2.75, 3.05) is 6.54 Å². The molecule has 0 saturated carbocycles. The number of carbonyl (C=O) groups is 2. The third-order valence-corrected chi connectivity index (χ3v) is 4.77. The van der Waals surface area contributed by atoms with Crippen molar-refractivity contribution in [3.8, 4) is 0 Å². The van der Waals surface area contributed by atoms with Gasteiger partial charge in [0.25, 0.3) is 0 Å². The van der Waals surface area contributed by atoms with Crippen LogP contribution in [0.1, 0.15) is 43.9 Å². The Morgan fingerprint density at radius 1 is 1.07 bits per heavy atom. The van der Waals surface area contributed by atoms with Gasteiger partial charge in [0.2, 0.25) is 11.8 Å². The fourth-order valence-electron chi connectivity index (χ4n) is 3.23. The van der Waals surface area contributed by atoms with Gasteiger partial charge in [-0.3, -0.25) is 9.59 Å². The first-order valence-corrected chi connectivity index (χ1v) is 10.2. The number of halogens is 1. The van der Waals surface area contributed by atoms with E-state index in [-0.39, 0.29) is 30.6 Å². The number of aryl methyl sites for hydroxylation is 1. The van der Waals surface area contributed by atoms with Crippen molar-refractivity contribution in [2.24, 2.45) is 5.92 Å². The highest BCUT2D eigenvalue weighted by Gasteiger charge is 2.28. The van der Waals surface area contributed by atoms with Gasteiger partial charge in [0, 0.05) is 13.1 Å². The molecule has 2 rings (SSSR count).